The van der Waals surface area contributed by atoms with Gasteiger partial charge in [-0.05, 0) is 37.1 Å². The van der Waals surface area contributed by atoms with E-state index in [9.17, 15) is 0 Å². The monoisotopic (exact) mass is 204 g/mol. The van der Waals surface area contributed by atoms with Crippen LogP contribution in [0.1, 0.15) is 49.5 Å². The van der Waals surface area contributed by atoms with E-state index in [2.05, 4.69) is 43.9 Å². The molecule has 2 atom stereocenters. The molecule has 82 valence electrons. The van der Waals surface area contributed by atoms with Gasteiger partial charge in [0.1, 0.15) is 0 Å². The molecule has 0 aromatic heterocycles. The highest BCUT2D eigenvalue weighted by Crippen LogP contribution is 2.41. The summed E-state index contributed by atoms with van der Waals surface area (Å²) in [5.74, 6) is 0. The van der Waals surface area contributed by atoms with Gasteiger partial charge in [0, 0.05) is 18.6 Å². The Hall–Kier alpha value is -0.860. The summed E-state index contributed by atoms with van der Waals surface area (Å²) >= 11 is 0. The van der Waals surface area contributed by atoms with Gasteiger partial charge in [0.2, 0.25) is 0 Å². The van der Waals surface area contributed by atoms with E-state index >= 15 is 0 Å². The Kier molecular flexibility index (Phi) is 2.81. The quantitative estimate of drug-likeness (QED) is 0.802. The minimum Gasteiger partial charge on any atom is -0.326 e. The van der Waals surface area contributed by atoms with Crippen LogP contribution in [0.2, 0.25) is 0 Å². The van der Waals surface area contributed by atoms with Crippen LogP contribution in [0.15, 0.2) is 18.2 Å². The largest absolute Gasteiger partial charge is 0.326 e. The first kappa shape index (κ1) is 10.7. The second-order valence-corrected chi connectivity index (χ2v) is 4.35. The third-order valence-electron chi connectivity index (χ3n) is 3.65. The average Bonchev–Trinajstić information content (AvgIpc) is 2.51. The van der Waals surface area contributed by atoms with Gasteiger partial charge in [-0.15, -0.1) is 0 Å². The summed E-state index contributed by atoms with van der Waals surface area (Å²) in [6, 6.07) is 7.75. The van der Waals surface area contributed by atoms with Gasteiger partial charge in [0.25, 0.3) is 0 Å². The highest BCUT2D eigenvalue weighted by molar-refractivity contribution is 5.39. The molecule has 1 heterocycles. The van der Waals surface area contributed by atoms with E-state index in [0.717, 1.165) is 6.54 Å². The van der Waals surface area contributed by atoms with Crippen molar-refractivity contribution in [2.45, 2.75) is 39.4 Å². The van der Waals surface area contributed by atoms with Crippen LogP contribution in [-0.2, 0) is 6.54 Å². The summed E-state index contributed by atoms with van der Waals surface area (Å²) in [5, 5.41) is 0. The van der Waals surface area contributed by atoms with Crippen LogP contribution in [0.5, 0.6) is 0 Å². The summed E-state index contributed by atoms with van der Waals surface area (Å²) in [5.41, 5.74) is 9.86. The van der Waals surface area contributed by atoms with Gasteiger partial charge in [-0.2, -0.15) is 0 Å². The van der Waals surface area contributed by atoms with Crippen LogP contribution in [-0.4, -0.2) is 11.4 Å². The predicted molar refractivity (Wildman–Crippen MR) is 63.5 cm³/mol. The lowest BCUT2D eigenvalue weighted by Crippen LogP contribution is -2.22. The number of hydrogen-bond acceptors (Lipinski definition) is 2. The van der Waals surface area contributed by atoms with E-state index < -0.39 is 0 Å². The molecule has 0 radical (unpaired) electrons. The van der Waals surface area contributed by atoms with Crippen molar-refractivity contribution >= 4 is 0 Å². The van der Waals surface area contributed by atoms with Gasteiger partial charge in [0.05, 0.1) is 0 Å². The maximum absolute atomic E-state index is 5.68. The fraction of sp³-hybridized carbons (Fsp3) is 0.538. The molecule has 0 fully saturated rings. The molecule has 0 amide bonds. The predicted octanol–water partition coefficient (Wildman–Crippen LogP) is 2.60. The van der Waals surface area contributed by atoms with Gasteiger partial charge in [0.15, 0.2) is 0 Å². The minimum atomic E-state index is 0.534. The first-order chi connectivity index (χ1) is 7.19. The van der Waals surface area contributed by atoms with Crippen molar-refractivity contribution in [2.75, 3.05) is 6.54 Å². The van der Waals surface area contributed by atoms with E-state index in [1.54, 1.807) is 0 Å². The lowest BCUT2D eigenvalue weighted by atomic mass is 10.0. The van der Waals surface area contributed by atoms with Crippen LogP contribution in [0.3, 0.4) is 0 Å². The van der Waals surface area contributed by atoms with E-state index in [4.69, 9.17) is 5.73 Å². The molecule has 1 aromatic carbocycles. The third-order valence-corrected chi connectivity index (χ3v) is 3.65. The summed E-state index contributed by atoms with van der Waals surface area (Å²) in [6.45, 7) is 8.54. The lowest BCUT2D eigenvalue weighted by Gasteiger charge is -2.24. The maximum Gasteiger partial charge on any atom is 0.0329 e. The summed E-state index contributed by atoms with van der Waals surface area (Å²) in [7, 11) is 0. The molecule has 2 nitrogen and oxygen atoms in total. The average molecular weight is 204 g/mol. The summed E-state index contributed by atoms with van der Waals surface area (Å²) in [6.07, 6.45) is 0. The van der Waals surface area contributed by atoms with Gasteiger partial charge < -0.3 is 5.73 Å². The molecule has 2 rings (SSSR count). The fourth-order valence-electron chi connectivity index (χ4n) is 2.73. The molecule has 1 aliphatic heterocycles. The topological polar surface area (TPSA) is 29.3 Å². The molecular formula is C13H20N2. The van der Waals surface area contributed by atoms with Crippen LogP contribution in [0.25, 0.3) is 0 Å². The zero-order valence-electron chi connectivity index (χ0n) is 9.83. The Bertz CT molecular complexity index is 360. The van der Waals surface area contributed by atoms with Crippen molar-refractivity contribution in [1.29, 1.82) is 0 Å². The number of nitrogens with zero attached hydrogens (tertiary/aromatic N) is 1. The zero-order valence-corrected chi connectivity index (χ0v) is 9.83. The van der Waals surface area contributed by atoms with Crippen molar-refractivity contribution in [3.05, 3.63) is 34.9 Å². The van der Waals surface area contributed by atoms with Crippen molar-refractivity contribution in [3.8, 4) is 0 Å². The normalized spacial score (nSPS) is 25.6. The first-order valence-corrected chi connectivity index (χ1v) is 5.77. The van der Waals surface area contributed by atoms with Crippen molar-refractivity contribution in [2.24, 2.45) is 5.73 Å². The minimum absolute atomic E-state index is 0.534. The molecule has 2 heteroatoms. The van der Waals surface area contributed by atoms with E-state index in [0.29, 0.717) is 18.6 Å². The van der Waals surface area contributed by atoms with Crippen LogP contribution < -0.4 is 5.73 Å². The summed E-state index contributed by atoms with van der Waals surface area (Å²) < 4.78 is 0. The Morgan fingerprint density at radius 3 is 2.47 bits per heavy atom. The molecule has 1 aromatic rings. The highest BCUT2D eigenvalue weighted by Gasteiger charge is 2.31. The smallest absolute Gasteiger partial charge is 0.0329 e. The van der Waals surface area contributed by atoms with Crippen LogP contribution in [0.4, 0.5) is 0 Å². The molecule has 0 saturated carbocycles. The molecule has 2 unspecified atom stereocenters. The second kappa shape index (κ2) is 3.95. The number of benzene rings is 1. The number of fused-ring (bicyclic) bond motifs is 1. The molecule has 0 saturated heterocycles. The zero-order chi connectivity index (χ0) is 11.0. The van der Waals surface area contributed by atoms with Crippen molar-refractivity contribution in [1.82, 2.24) is 4.90 Å². The molecule has 0 aliphatic carbocycles. The SMILES string of the molecule is CCN1C(C)c2ccc(CN)cc2C1C. The molecule has 15 heavy (non-hydrogen) atoms. The molecular weight excluding hydrogens is 184 g/mol. The van der Waals surface area contributed by atoms with Gasteiger partial charge in [-0.1, -0.05) is 25.1 Å². The maximum atomic E-state index is 5.68. The molecule has 1 aliphatic rings. The Labute approximate surface area is 92.1 Å². The van der Waals surface area contributed by atoms with Crippen molar-refractivity contribution < 1.29 is 0 Å². The van der Waals surface area contributed by atoms with Gasteiger partial charge >= 0.3 is 0 Å². The van der Waals surface area contributed by atoms with Crippen molar-refractivity contribution in [3.63, 3.8) is 0 Å². The standard InChI is InChI=1S/C13H20N2/c1-4-15-9(2)12-6-5-11(8-14)7-13(12)10(15)3/h5-7,9-10H,4,8,14H2,1-3H3. The number of nitrogens with two attached hydrogens (primary N) is 1. The first-order valence-electron chi connectivity index (χ1n) is 5.77. The lowest BCUT2D eigenvalue weighted by molar-refractivity contribution is 0.194. The second-order valence-electron chi connectivity index (χ2n) is 4.35. The van der Waals surface area contributed by atoms with Crippen LogP contribution in [0, 0.1) is 0 Å². The fourth-order valence-corrected chi connectivity index (χ4v) is 2.73. The third kappa shape index (κ3) is 1.58. The Balaban J connectivity index is 2.43. The van der Waals surface area contributed by atoms with Gasteiger partial charge in [-0.3, -0.25) is 4.90 Å². The van der Waals surface area contributed by atoms with E-state index in [-0.39, 0.29) is 0 Å². The van der Waals surface area contributed by atoms with E-state index in [1.165, 1.54) is 16.7 Å². The Morgan fingerprint density at radius 2 is 1.87 bits per heavy atom. The molecule has 0 spiro atoms. The van der Waals surface area contributed by atoms with E-state index in [1.807, 2.05) is 0 Å². The molecule has 0 bridgehead atoms. The van der Waals surface area contributed by atoms with Gasteiger partial charge in [-0.25, -0.2) is 0 Å². The number of rotatable bonds is 2. The summed E-state index contributed by atoms with van der Waals surface area (Å²) in [4.78, 5) is 2.52. The Morgan fingerprint density at radius 1 is 1.20 bits per heavy atom. The highest BCUT2D eigenvalue weighted by atomic mass is 15.2. The number of hydrogen-bond donors (Lipinski definition) is 1. The van der Waals surface area contributed by atoms with Crippen LogP contribution >= 0.6 is 0 Å². The molecule has 2 N–H and O–H groups in total.